The van der Waals surface area contributed by atoms with Crippen molar-refractivity contribution in [3.8, 4) is 0 Å². The van der Waals surface area contributed by atoms with Crippen LogP contribution < -0.4 is 0 Å². The minimum atomic E-state index is -0.527. The van der Waals surface area contributed by atoms with Gasteiger partial charge in [0.05, 0.1) is 19.3 Å². The average Bonchev–Trinajstić information content (AvgIpc) is 2.60. The SMILES string of the molecule is CCCCCC(Br)C(O)CC(O)C(Br)CCCCCCCC(=O)OC. The van der Waals surface area contributed by atoms with Gasteiger partial charge in [0.2, 0.25) is 0 Å². The van der Waals surface area contributed by atoms with Crippen LogP contribution in [0.15, 0.2) is 0 Å². The molecule has 0 amide bonds. The summed E-state index contributed by atoms with van der Waals surface area (Å²) in [5, 5.41) is 20.5. The molecule has 0 aromatic heterocycles. The fourth-order valence-corrected chi connectivity index (χ4v) is 3.84. The number of carbonyl (C=O) groups excluding carboxylic acids is 1. The van der Waals surface area contributed by atoms with Crippen LogP contribution in [0.1, 0.15) is 84.0 Å². The highest BCUT2D eigenvalue weighted by Crippen LogP contribution is 2.23. The molecule has 4 nitrogen and oxygen atoms in total. The van der Waals surface area contributed by atoms with E-state index in [9.17, 15) is 15.0 Å². The summed E-state index contributed by atoms with van der Waals surface area (Å²) in [4.78, 5) is 11.1. The van der Waals surface area contributed by atoms with Crippen LogP contribution in [0.3, 0.4) is 0 Å². The second-order valence-electron chi connectivity index (χ2n) is 6.78. The molecule has 0 aliphatic rings. The highest BCUT2D eigenvalue weighted by atomic mass is 79.9. The molecule has 0 heterocycles. The topological polar surface area (TPSA) is 66.8 Å². The molecule has 0 rings (SSSR count). The standard InChI is InChI=1S/C19H36Br2O4/c1-3-4-8-11-15(20)17(22)14-18(23)16(21)12-9-6-5-7-10-13-19(24)25-2/h15-18,22-23H,3-14H2,1-2H3. The van der Waals surface area contributed by atoms with Crippen LogP contribution in [0, 0.1) is 0 Å². The Balaban J connectivity index is 3.73. The Morgan fingerprint density at radius 3 is 1.88 bits per heavy atom. The summed E-state index contributed by atoms with van der Waals surface area (Å²) in [5.41, 5.74) is 0. The molecule has 0 aliphatic carbocycles. The van der Waals surface area contributed by atoms with Gasteiger partial charge in [-0.05, 0) is 19.3 Å². The van der Waals surface area contributed by atoms with Gasteiger partial charge < -0.3 is 14.9 Å². The number of carbonyl (C=O) groups is 1. The van der Waals surface area contributed by atoms with E-state index in [1.165, 1.54) is 20.0 Å². The molecule has 4 atom stereocenters. The van der Waals surface area contributed by atoms with Crippen molar-refractivity contribution in [2.45, 2.75) is 106 Å². The summed E-state index contributed by atoms with van der Waals surface area (Å²) in [6, 6.07) is 0. The predicted octanol–water partition coefficient (Wildman–Crippen LogP) is 5.11. The number of unbranched alkanes of at least 4 members (excludes halogenated alkanes) is 6. The molecule has 6 heteroatoms. The van der Waals surface area contributed by atoms with E-state index in [2.05, 4.69) is 43.5 Å². The van der Waals surface area contributed by atoms with Crippen molar-refractivity contribution in [1.29, 1.82) is 0 Å². The van der Waals surface area contributed by atoms with Gasteiger partial charge in [-0.3, -0.25) is 4.79 Å². The van der Waals surface area contributed by atoms with Crippen molar-refractivity contribution < 1.29 is 19.7 Å². The van der Waals surface area contributed by atoms with Crippen molar-refractivity contribution in [1.82, 2.24) is 0 Å². The number of hydrogen-bond acceptors (Lipinski definition) is 4. The first kappa shape index (κ1) is 25.4. The number of hydrogen-bond donors (Lipinski definition) is 2. The van der Waals surface area contributed by atoms with Gasteiger partial charge in [-0.25, -0.2) is 0 Å². The van der Waals surface area contributed by atoms with Gasteiger partial charge in [-0.1, -0.05) is 83.7 Å². The van der Waals surface area contributed by atoms with E-state index in [1.807, 2.05) is 0 Å². The van der Waals surface area contributed by atoms with Gasteiger partial charge in [0.25, 0.3) is 0 Å². The molecule has 4 unspecified atom stereocenters. The highest BCUT2D eigenvalue weighted by molar-refractivity contribution is 9.09. The number of esters is 1. The lowest BCUT2D eigenvalue weighted by Gasteiger charge is -2.23. The van der Waals surface area contributed by atoms with Crippen LogP contribution in [0.25, 0.3) is 0 Å². The lowest BCUT2D eigenvalue weighted by atomic mass is 10.00. The lowest BCUT2D eigenvalue weighted by molar-refractivity contribution is -0.140. The first-order valence-corrected chi connectivity index (χ1v) is 11.5. The molecule has 0 aromatic rings. The highest BCUT2D eigenvalue weighted by Gasteiger charge is 2.23. The summed E-state index contributed by atoms with van der Waals surface area (Å²) in [6.45, 7) is 2.16. The van der Waals surface area contributed by atoms with Crippen molar-refractivity contribution in [2.24, 2.45) is 0 Å². The minimum Gasteiger partial charge on any atom is -0.469 e. The Morgan fingerprint density at radius 2 is 1.36 bits per heavy atom. The summed E-state index contributed by atoms with van der Waals surface area (Å²) in [7, 11) is 1.42. The van der Waals surface area contributed by atoms with Crippen molar-refractivity contribution in [3.05, 3.63) is 0 Å². The third-order valence-corrected chi connectivity index (χ3v) is 6.63. The molecule has 2 N–H and O–H groups in total. The molecule has 0 saturated heterocycles. The molecule has 0 fully saturated rings. The molecule has 0 spiro atoms. The second kappa shape index (κ2) is 16.5. The molecule has 0 aliphatic heterocycles. The monoisotopic (exact) mass is 486 g/mol. The number of rotatable bonds is 16. The van der Waals surface area contributed by atoms with Crippen LogP contribution in [-0.4, -0.2) is 45.2 Å². The van der Waals surface area contributed by atoms with Crippen molar-refractivity contribution >= 4 is 37.8 Å². The number of methoxy groups -OCH3 is 1. The first-order valence-electron chi connectivity index (χ1n) is 9.63. The van der Waals surface area contributed by atoms with Crippen LogP contribution in [0.5, 0.6) is 0 Å². The van der Waals surface area contributed by atoms with Gasteiger partial charge in [0.15, 0.2) is 0 Å². The maximum atomic E-state index is 11.0. The quantitative estimate of drug-likeness (QED) is 0.180. The Bertz CT molecular complexity index is 329. The first-order chi connectivity index (χ1) is 11.9. The van der Waals surface area contributed by atoms with Crippen molar-refractivity contribution in [2.75, 3.05) is 7.11 Å². The van der Waals surface area contributed by atoms with Crippen molar-refractivity contribution in [3.63, 3.8) is 0 Å². The van der Waals surface area contributed by atoms with Gasteiger partial charge in [-0.15, -0.1) is 0 Å². The number of aliphatic hydroxyl groups is 2. The zero-order valence-electron chi connectivity index (χ0n) is 15.8. The fraction of sp³-hybridized carbons (Fsp3) is 0.947. The van der Waals surface area contributed by atoms with E-state index in [1.54, 1.807) is 0 Å². The summed E-state index contributed by atoms with van der Waals surface area (Å²) in [6.07, 6.45) is 10.3. The predicted molar refractivity (Wildman–Crippen MR) is 111 cm³/mol. The van der Waals surface area contributed by atoms with E-state index in [-0.39, 0.29) is 15.6 Å². The minimum absolute atomic E-state index is 0.0209. The van der Waals surface area contributed by atoms with Gasteiger partial charge in [0, 0.05) is 22.5 Å². The van der Waals surface area contributed by atoms with E-state index in [0.717, 1.165) is 51.4 Å². The van der Waals surface area contributed by atoms with Gasteiger partial charge >= 0.3 is 5.97 Å². The Kier molecular flexibility index (Phi) is 16.7. The molecule has 25 heavy (non-hydrogen) atoms. The van der Waals surface area contributed by atoms with Crippen LogP contribution in [0.4, 0.5) is 0 Å². The Hall–Kier alpha value is 0.350. The molecule has 0 bridgehead atoms. The number of halogens is 2. The maximum absolute atomic E-state index is 11.0. The number of ether oxygens (including phenoxy) is 1. The van der Waals surface area contributed by atoms with E-state index in [0.29, 0.717) is 12.8 Å². The second-order valence-corrected chi connectivity index (χ2v) is 9.13. The molecule has 0 radical (unpaired) electrons. The number of aliphatic hydroxyl groups excluding tert-OH is 2. The Morgan fingerprint density at radius 1 is 0.880 bits per heavy atom. The Labute approximate surface area is 170 Å². The third-order valence-electron chi connectivity index (χ3n) is 4.49. The molecule has 150 valence electrons. The summed E-state index contributed by atoms with van der Waals surface area (Å²) in [5.74, 6) is -0.137. The molecular formula is C19H36Br2O4. The fourth-order valence-electron chi connectivity index (χ4n) is 2.76. The zero-order chi connectivity index (χ0) is 19.1. The van der Waals surface area contributed by atoms with Gasteiger partial charge in [-0.2, -0.15) is 0 Å². The third kappa shape index (κ3) is 14.1. The molecule has 0 aromatic carbocycles. The van der Waals surface area contributed by atoms with E-state index >= 15 is 0 Å². The lowest BCUT2D eigenvalue weighted by Crippen LogP contribution is -2.31. The maximum Gasteiger partial charge on any atom is 0.305 e. The largest absolute Gasteiger partial charge is 0.469 e. The summed E-state index contributed by atoms with van der Waals surface area (Å²) >= 11 is 7.10. The zero-order valence-corrected chi connectivity index (χ0v) is 18.9. The van der Waals surface area contributed by atoms with Gasteiger partial charge in [0.1, 0.15) is 0 Å². The molecule has 0 saturated carbocycles. The van der Waals surface area contributed by atoms with E-state index < -0.39 is 12.2 Å². The summed E-state index contributed by atoms with van der Waals surface area (Å²) < 4.78 is 4.61. The molecular weight excluding hydrogens is 452 g/mol. The van der Waals surface area contributed by atoms with E-state index in [4.69, 9.17) is 0 Å². The average molecular weight is 488 g/mol. The normalized spacial score (nSPS) is 16.2. The van der Waals surface area contributed by atoms with Crippen LogP contribution in [-0.2, 0) is 9.53 Å². The van der Waals surface area contributed by atoms with Crippen LogP contribution in [0.2, 0.25) is 0 Å². The smallest absolute Gasteiger partial charge is 0.305 e. The number of alkyl halides is 2. The van der Waals surface area contributed by atoms with Crippen LogP contribution >= 0.6 is 31.9 Å².